The lowest BCUT2D eigenvalue weighted by molar-refractivity contribution is -0.136. The van der Waals surface area contributed by atoms with Crippen molar-refractivity contribution < 1.29 is 19.8 Å². The molecule has 0 fully saturated rings. The SMILES string of the molecule is N#Cc1ccc(N(CC(=O)O)CC(=O)O)cc1. The minimum atomic E-state index is -1.12. The van der Waals surface area contributed by atoms with Crippen LogP contribution in [-0.2, 0) is 9.59 Å². The second kappa shape index (κ2) is 5.51. The average molecular weight is 234 g/mol. The van der Waals surface area contributed by atoms with E-state index in [0.29, 0.717) is 11.3 Å². The van der Waals surface area contributed by atoms with E-state index in [-0.39, 0.29) is 0 Å². The summed E-state index contributed by atoms with van der Waals surface area (Å²) in [5, 5.41) is 25.9. The summed E-state index contributed by atoms with van der Waals surface area (Å²) in [5.74, 6) is -2.23. The molecule has 88 valence electrons. The Kier molecular flexibility index (Phi) is 4.06. The third-order valence-electron chi connectivity index (χ3n) is 2.01. The molecule has 1 aromatic carbocycles. The molecule has 0 saturated heterocycles. The van der Waals surface area contributed by atoms with Crippen molar-refractivity contribution in [3.8, 4) is 6.07 Å². The number of rotatable bonds is 5. The van der Waals surface area contributed by atoms with Crippen LogP contribution in [0, 0.1) is 11.3 Å². The molecule has 0 radical (unpaired) electrons. The number of aliphatic carboxylic acids is 2. The minimum Gasteiger partial charge on any atom is -0.480 e. The van der Waals surface area contributed by atoms with Crippen LogP contribution < -0.4 is 4.90 Å². The highest BCUT2D eigenvalue weighted by Gasteiger charge is 2.13. The molecule has 0 saturated carbocycles. The van der Waals surface area contributed by atoms with Gasteiger partial charge in [-0.3, -0.25) is 9.59 Å². The summed E-state index contributed by atoms with van der Waals surface area (Å²) in [7, 11) is 0. The number of carboxylic acid groups (broad SMARTS) is 2. The minimum absolute atomic E-state index is 0.405. The van der Waals surface area contributed by atoms with E-state index in [9.17, 15) is 9.59 Å². The van der Waals surface area contributed by atoms with Crippen LogP contribution in [0.3, 0.4) is 0 Å². The van der Waals surface area contributed by atoms with Crippen molar-refractivity contribution in [3.05, 3.63) is 29.8 Å². The lowest BCUT2D eigenvalue weighted by Crippen LogP contribution is -2.34. The van der Waals surface area contributed by atoms with Crippen LogP contribution in [0.1, 0.15) is 5.56 Å². The predicted molar refractivity (Wildman–Crippen MR) is 58.6 cm³/mol. The van der Waals surface area contributed by atoms with Crippen LogP contribution in [0.2, 0.25) is 0 Å². The van der Waals surface area contributed by atoms with E-state index >= 15 is 0 Å². The van der Waals surface area contributed by atoms with E-state index in [1.807, 2.05) is 6.07 Å². The van der Waals surface area contributed by atoms with Crippen LogP contribution in [0.15, 0.2) is 24.3 Å². The van der Waals surface area contributed by atoms with Crippen LogP contribution in [0.25, 0.3) is 0 Å². The maximum Gasteiger partial charge on any atom is 0.323 e. The number of hydrogen-bond donors (Lipinski definition) is 2. The summed E-state index contributed by atoms with van der Waals surface area (Å²) < 4.78 is 0. The molecule has 1 rings (SSSR count). The summed E-state index contributed by atoms with van der Waals surface area (Å²) in [4.78, 5) is 22.4. The van der Waals surface area contributed by atoms with Gasteiger partial charge in [0.15, 0.2) is 0 Å². The highest BCUT2D eigenvalue weighted by Crippen LogP contribution is 2.14. The Morgan fingerprint density at radius 3 is 1.94 bits per heavy atom. The molecule has 0 aliphatic rings. The van der Waals surface area contributed by atoms with Crippen molar-refractivity contribution >= 4 is 17.6 Å². The fraction of sp³-hybridized carbons (Fsp3) is 0.182. The van der Waals surface area contributed by atoms with Crippen molar-refractivity contribution in [2.75, 3.05) is 18.0 Å². The third-order valence-corrected chi connectivity index (χ3v) is 2.01. The molecule has 1 aromatic rings. The second-order valence-electron chi connectivity index (χ2n) is 3.30. The summed E-state index contributed by atoms with van der Waals surface area (Å²) in [6.07, 6.45) is 0. The Bertz CT molecular complexity index is 445. The average Bonchev–Trinajstić information content (AvgIpc) is 2.27. The van der Waals surface area contributed by atoms with Gasteiger partial charge in [-0.2, -0.15) is 5.26 Å². The molecule has 17 heavy (non-hydrogen) atoms. The van der Waals surface area contributed by atoms with Gasteiger partial charge in [0.25, 0.3) is 0 Å². The monoisotopic (exact) mass is 234 g/mol. The van der Waals surface area contributed by atoms with Gasteiger partial charge >= 0.3 is 11.9 Å². The van der Waals surface area contributed by atoms with Gasteiger partial charge in [-0.1, -0.05) is 0 Å². The van der Waals surface area contributed by atoms with Crippen molar-refractivity contribution in [1.29, 1.82) is 5.26 Å². The predicted octanol–water partition coefficient (Wildman–Crippen LogP) is 0.534. The topological polar surface area (TPSA) is 102 Å². The van der Waals surface area contributed by atoms with Gasteiger partial charge in [-0.25, -0.2) is 0 Å². The summed E-state index contributed by atoms with van der Waals surface area (Å²) in [5.41, 5.74) is 0.883. The van der Waals surface area contributed by atoms with Gasteiger partial charge in [-0.05, 0) is 24.3 Å². The lowest BCUT2D eigenvalue weighted by Gasteiger charge is -2.20. The number of hydrogen-bond acceptors (Lipinski definition) is 4. The fourth-order valence-electron chi connectivity index (χ4n) is 1.31. The first-order valence-corrected chi connectivity index (χ1v) is 4.71. The van der Waals surface area contributed by atoms with Gasteiger partial charge in [0.05, 0.1) is 11.6 Å². The smallest absolute Gasteiger partial charge is 0.323 e. The van der Waals surface area contributed by atoms with Crippen molar-refractivity contribution in [3.63, 3.8) is 0 Å². The summed E-state index contributed by atoms with van der Waals surface area (Å²) in [6.45, 7) is -0.809. The molecular weight excluding hydrogens is 224 g/mol. The molecule has 6 heteroatoms. The molecule has 0 aliphatic carbocycles. The number of anilines is 1. The van der Waals surface area contributed by atoms with Crippen molar-refractivity contribution in [2.45, 2.75) is 0 Å². The van der Waals surface area contributed by atoms with Crippen molar-refractivity contribution in [1.82, 2.24) is 0 Å². The molecule has 0 amide bonds. The van der Waals surface area contributed by atoms with E-state index in [4.69, 9.17) is 15.5 Å². The first kappa shape index (κ1) is 12.5. The number of benzene rings is 1. The number of carboxylic acids is 2. The Balaban J connectivity index is 2.91. The van der Waals surface area contributed by atoms with Crippen molar-refractivity contribution in [2.24, 2.45) is 0 Å². The standard InChI is InChI=1S/C11H10N2O4/c12-5-8-1-3-9(4-2-8)13(6-10(14)15)7-11(16)17/h1-4H,6-7H2,(H,14,15)(H,16,17). The number of nitriles is 1. The molecule has 0 unspecified atom stereocenters. The maximum atomic E-state index is 10.6. The summed E-state index contributed by atoms with van der Waals surface area (Å²) >= 11 is 0. The van der Waals surface area contributed by atoms with Gasteiger partial charge < -0.3 is 15.1 Å². The fourth-order valence-corrected chi connectivity index (χ4v) is 1.31. The molecule has 0 bridgehead atoms. The van der Waals surface area contributed by atoms with E-state index < -0.39 is 25.0 Å². The van der Waals surface area contributed by atoms with E-state index in [1.165, 1.54) is 29.2 Å². The number of nitrogens with zero attached hydrogens (tertiary/aromatic N) is 2. The Morgan fingerprint density at radius 1 is 1.12 bits per heavy atom. The normalized spacial score (nSPS) is 9.35. The molecule has 0 heterocycles. The first-order chi connectivity index (χ1) is 8.02. The van der Waals surface area contributed by atoms with Gasteiger partial charge in [0, 0.05) is 5.69 Å². The molecule has 0 spiro atoms. The maximum absolute atomic E-state index is 10.6. The first-order valence-electron chi connectivity index (χ1n) is 4.71. The second-order valence-corrected chi connectivity index (χ2v) is 3.30. The largest absolute Gasteiger partial charge is 0.480 e. The van der Waals surface area contributed by atoms with Crippen LogP contribution >= 0.6 is 0 Å². The van der Waals surface area contributed by atoms with E-state index in [2.05, 4.69) is 0 Å². The highest BCUT2D eigenvalue weighted by atomic mass is 16.4. The Morgan fingerprint density at radius 2 is 1.59 bits per heavy atom. The summed E-state index contributed by atoms with van der Waals surface area (Å²) in [6, 6.07) is 7.97. The zero-order chi connectivity index (χ0) is 12.8. The lowest BCUT2D eigenvalue weighted by atomic mass is 10.2. The zero-order valence-electron chi connectivity index (χ0n) is 8.83. The van der Waals surface area contributed by atoms with Gasteiger partial charge in [0.2, 0.25) is 0 Å². The zero-order valence-corrected chi connectivity index (χ0v) is 8.83. The van der Waals surface area contributed by atoms with Crippen LogP contribution in [0.5, 0.6) is 0 Å². The molecule has 2 N–H and O–H groups in total. The van der Waals surface area contributed by atoms with Crippen LogP contribution in [0.4, 0.5) is 5.69 Å². The van der Waals surface area contributed by atoms with Crippen LogP contribution in [-0.4, -0.2) is 35.2 Å². The molecule has 0 atom stereocenters. The van der Waals surface area contributed by atoms with Gasteiger partial charge in [0.1, 0.15) is 13.1 Å². The number of carbonyl (C=O) groups is 2. The Labute approximate surface area is 97.3 Å². The van der Waals surface area contributed by atoms with Gasteiger partial charge in [-0.15, -0.1) is 0 Å². The third kappa shape index (κ3) is 3.83. The molecule has 0 aliphatic heterocycles. The molecule has 0 aromatic heterocycles. The van der Waals surface area contributed by atoms with E-state index in [0.717, 1.165) is 0 Å². The molecule has 6 nitrogen and oxygen atoms in total. The quantitative estimate of drug-likeness (QED) is 0.770. The molecular formula is C11H10N2O4. The highest BCUT2D eigenvalue weighted by molar-refractivity contribution is 5.79. The van der Waals surface area contributed by atoms with E-state index in [1.54, 1.807) is 0 Å². The Hall–Kier alpha value is -2.55.